The summed E-state index contributed by atoms with van der Waals surface area (Å²) in [5.41, 5.74) is 6.51. The summed E-state index contributed by atoms with van der Waals surface area (Å²) in [4.78, 5) is 7.85. The zero-order chi connectivity index (χ0) is 19.3. The van der Waals surface area contributed by atoms with Gasteiger partial charge in [-0.25, -0.2) is 4.98 Å². The average molecular weight is 379 g/mol. The molecule has 4 aromatic rings. The Bertz CT molecular complexity index is 1260. The van der Waals surface area contributed by atoms with Gasteiger partial charge in [-0.2, -0.15) is 5.10 Å². The summed E-state index contributed by atoms with van der Waals surface area (Å²) in [5, 5.41) is 9.46. The van der Waals surface area contributed by atoms with E-state index in [0.29, 0.717) is 0 Å². The Morgan fingerprint density at radius 3 is 2.86 bits per heavy atom. The van der Waals surface area contributed by atoms with Crippen LogP contribution in [-0.4, -0.2) is 32.8 Å². The fraction of sp³-hybridized carbons (Fsp3) is 0.250. The van der Waals surface area contributed by atoms with E-state index >= 15 is 0 Å². The number of nitrogens with one attached hydrogen (secondary N) is 2. The molecule has 1 atom stereocenters. The number of aryl methyl sites for hydroxylation is 1. The van der Waals surface area contributed by atoms with Crippen LogP contribution in [0.15, 0.2) is 54.9 Å². The lowest BCUT2D eigenvalue weighted by Crippen LogP contribution is -2.25. The van der Waals surface area contributed by atoms with Gasteiger partial charge in [0.15, 0.2) is 0 Å². The Balaban J connectivity index is 1.39. The maximum absolute atomic E-state index is 4.90. The molecule has 1 spiro atoms. The largest absolute Gasteiger partial charge is 0.345 e. The standard InChI is InChI=1S/C24H21N5/c1-2-4-17(5-3-1)6-7-18-14-26-23-20(18)12-19(15-27-23)21-13-22-24(8-10-25-16-24)9-11-29(22)28-21/h1-5,12-15,25H,8-11,16H2,(H,26,27). The smallest absolute Gasteiger partial charge is 0.138 e. The molecule has 1 fully saturated rings. The molecule has 142 valence electrons. The van der Waals surface area contributed by atoms with Gasteiger partial charge in [0, 0.05) is 53.1 Å². The van der Waals surface area contributed by atoms with Crippen LogP contribution in [0.25, 0.3) is 22.3 Å². The molecule has 6 rings (SSSR count). The molecular formula is C24H21N5. The van der Waals surface area contributed by atoms with Crippen LogP contribution >= 0.6 is 0 Å². The van der Waals surface area contributed by atoms with Gasteiger partial charge in [0.1, 0.15) is 5.65 Å². The quantitative estimate of drug-likeness (QED) is 0.498. The van der Waals surface area contributed by atoms with Crippen molar-refractivity contribution in [2.75, 3.05) is 13.1 Å². The molecule has 0 radical (unpaired) electrons. The van der Waals surface area contributed by atoms with Gasteiger partial charge in [0.2, 0.25) is 0 Å². The van der Waals surface area contributed by atoms with Crippen molar-refractivity contribution in [3.8, 4) is 23.1 Å². The van der Waals surface area contributed by atoms with Crippen LogP contribution in [-0.2, 0) is 12.0 Å². The van der Waals surface area contributed by atoms with Crippen molar-refractivity contribution >= 4 is 11.0 Å². The van der Waals surface area contributed by atoms with Gasteiger partial charge in [-0.05, 0) is 43.7 Å². The topological polar surface area (TPSA) is 58.5 Å². The second-order valence-corrected chi connectivity index (χ2v) is 8.03. The molecule has 0 bridgehead atoms. The van der Waals surface area contributed by atoms with Crippen molar-refractivity contribution in [1.29, 1.82) is 0 Å². The van der Waals surface area contributed by atoms with Crippen molar-refractivity contribution in [3.05, 3.63) is 71.7 Å². The van der Waals surface area contributed by atoms with E-state index in [2.05, 4.69) is 43.9 Å². The molecule has 29 heavy (non-hydrogen) atoms. The minimum Gasteiger partial charge on any atom is -0.345 e. The normalized spacial score (nSPS) is 20.1. The van der Waals surface area contributed by atoms with Crippen molar-refractivity contribution < 1.29 is 0 Å². The highest BCUT2D eigenvalue weighted by Gasteiger charge is 2.42. The fourth-order valence-electron chi connectivity index (χ4n) is 4.69. The van der Waals surface area contributed by atoms with Gasteiger partial charge in [-0.15, -0.1) is 0 Å². The minimum absolute atomic E-state index is 0.267. The van der Waals surface area contributed by atoms with Crippen LogP contribution in [0.4, 0.5) is 0 Å². The van der Waals surface area contributed by atoms with Gasteiger partial charge in [0.25, 0.3) is 0 Å². The van der Waals surface area contributed by atoms with Gasteiger partial charge < -0.3 is 10.3 Å². The third kappa shape index (κ3) is 2.68. The van der Waals surface area contributed by atoms with Crippen molar-refractivity contribution in [2.24, 2.45) is 0 Å². The fourth-order valence-corrected chi connectivity index (χ4v) is 4.69. The molecule has 1 unspecified atom stereocenters. The predicted octanol–water partition coefficient (Wildman–Crippen LogP) is 3.46. The molecular weight excluding hydrogens is 358 g/mol. The van der Waals surface area contributed by atoms with Crippen molar-refractivity contribution in [2.45, 2.75) is 24.8 Å². The van der Waals surface area contributed by atoms with E-state index in [0.717, 1.165) is 53.1 Å². The molecule has 5 heterocycles. The number of rotatable bonds is 1. The number of aromatic nitrogens is 4. The van der Waals surface area contributed by atoms with Crippen LogP contribution < -0.4 is 5.32 Å². The zero-order valence-corrected chi connectivity index (χ0v) is 16.1. The molecule has 0 aliphatic carbocycles. The number of benzene rings is 1. The predicted molar refractivity (Wildman–Crippen MR) is 114 cm³/mol. The number of aromatic amines is 1. The molecule has 2 aliphatic rings. The Morgan fingerprint density at radius 1 is 1.07 bits per heavy atom. The Hall–Kier alpha value is -3.36. The molecule has 3 aromatic heterocycles. The summed E-state index contributed by atoms with van der Waals surface area (Å²) >= 11 is 0. The molecule has 1 saturated heterocycles. The summed E-state index contributed by atoms with van der Waals surface area (Å²) in [6, 6.07) is 14.5. The summed E-state index contributed by atoms with van der Waals surface area (Å²) in [5.74, 6) is 6.52. The number of fused-ring (bicyclic) bond motifs is 3. The monoisotopic (exact) mass is 379 g/mol. The average Bonchev–Trinajstić information content (AvgIpc) is 3.53. The Kier molecular flexibility index (Phi) is 3.62. The summed E-state index contributed by atoms with van der Waals surface area (Å²) in [7, 11) is 0. The van der Waals surface area contributed by atoms with E-state index < -0.39 is 0 Å². The number of hydrogen-bond donors (Lipinski definition) is 2. The van der Waals surface area contributed by atoms with E-state index in [9.17, 15) is 0 Å². The number of pyridine rings is 1. The molecule has 2 aliphatic heterocycles. The van der Waals surface area contributed by atoms with Crippen LogP contribution in [0.1, 0.15) is 29.7 Å². The summed E-state index contributed by atoms with van der Waals surface area (Å²) in [6.45, 7) is 3.16. The first-order chi connectivity index (χ1) is 14.3. The Labute approximate surface area is 169 Å². The molecule has 2 N–H and O–H groups in total. The highest BCUT2D eigenvalue weighted by Crippen LogP contribution is 2.41. The van der Waals surface area contributed by atoms with Crippen LogP contribution in [0.5, 0.6) is 0 Å². The number of hydrogen-bond acceptors (Lipinski definition) is 3. The van der Waals surface area contributed by atoms with Crippen LogP contribution in [0.2, 0.25) is 0 Å². The first-order valence-electron chi connectivity index (χ1n) is 10.1. The van der Waals surface area contributed by atoms with E-state index in [4.69, 9.17) is 5.10 Å². The second-order valence-electron chi connectivity index (χ2n) is 8.03. The Morgan fingerprint density at radius 2 is 2.00 bits per heavy atom. The van der Waals surface area contributed by atoms with E-state index in [1.54, 1.807) is 0 Å². The van der Waals surface area contributed by atoms with E-state index in [1.165, 1.54) is 18.5 Å². The number of nitrogens with zero attached hydrogens (tertiary/aromatic N) is 3. The zero-order valence-electron chi connectivity index (χ0n) is 16.1. The third-order valence-electron chi connectivity index (χ3n) is 6.31. The van der Waals surface area contributed by atoms with Crippen molar-refractivity contribution in [3.63, 3.8) is 0 Å². The molecule has 5 nitrogen and oxygen atoms in total. The molecule has 0 amide bonds. The van der Waals surface area contributed by atoms with Crippen LogP contribution in [0, 0.1) is 11.8 Å². The van der Waals surface area contributed by atoms with Gasteiger partial charge >= 0.3 is 0 Å². The second kappa shape index (κ2) is 6.33. The maximum Gasteiger partial charge on any atom is 0.138 e. The highest BCUT2D eigenvalue weighted by atomic mass is 15.3. The molecule has 5 heteroatoms. The highest BCUT2D eigenvalue weighted by molar-refractivity contribution is 5.86. The lowest BCUT2D eigenvalue weighted by molar-refractivity contribution is 0.467. The third-order valence-corrected chi connectivity index (χ3v) is 6.31. The summed E-state index contributed by atoms with van der Waals surface area (Å²) < 4.78 is 2.19. The maximum atomic E-state index is 4.90. The first kappa shape index (κ1) is 16.6. The molecule has 1 aromatic carbocycles. The SMILES string of the molecule is C(#Cc1c[nH]c2ncc(-c3cc4n(n3)CCC43CCNC3)cc12)c1ccccc1. The minimum atomic E-state index is 0.267. The van der Waals surface area contributed by atoms with Crippen LogP contribution in [0.3, 0.4) is 0 Å². The van der Waals surface area contributed by atoms with Gasteiger partial charge in [0.05, 0.1) is 11.3 Å². The summed E-state index contributed by atoms with van der Waals surface area (Å²) in [6.07, 6.45) is 6.23. The first-order valence-corrected chi connectivity index (χ1v) is 10.1. The van der Waals surface area contributed by atoms with Gasteiger partial charge in [-0.1, -0.05) is 30.0 Å². The van der Waals surface area contributed by atoms with Gasteiger partial charge in [-0.3, -0.25) is 4.68 Å². The molecule has 0 saturated carbocycles. The van der Waals surface area contributed by atoms with Crippen molar-refractivity contribution in [1.82, 2.24) is 25.1 Å². The number of H-pyrrole nitrogens is 1. The van der Waals surface area contributed by atoms with E-state index in [1.807, 2.05) is 42.7 Å². The lowest BCUT2D eigenvalue weighted by Gasteiger charge is -2.20. The lowest BCUT2D eigenvalue weighted by atomic mass is 9.82. The van der Waals surface area contributed by atoms with E-state index in [-0.39, 0.29) is 5.41 Å².